The van der Waals surface area contributed by atoms with Crippen LogP contribution in [0.2, 0.25) is 0 Å². The van der Waals surface area contributed by atoms with Gasteiger partial charge in [-0.05, 0) is 29.7 Å². The first-order chi connectivity index (χ1) is 8.49. The van der Waals surface area contributed by atoms with E-state index in [0.29, 0.717) is 13.0 Å². The number of Topliss-reactive ketones (excluding diaryl/α,β-unsaturated/α-hetero) is 1. The molecule has 0 heterocycles. The van der Waals surface area contributed by atoms with E-state index < -0.39 is 0 Å². The van der Waals surface area contributed by atoms with Crippen LogP contribution in [0.25, 0.3) is 0 Å². The van der Waals surface area contributed by atoms with Gasteiger partial charge in [0.05, 0.1) is 7.11 Å². The molecule has 18 heavy (non-hydrogen) atoms. The van der Waals surface area contributed by atoms with Crippen LogP contribution in [0, 0.1) is 11.8 Å². The van der Waals surface area contributed by atoms with Crippen molar-refractivity contribution in [2.75, 3.05) is 13.7 Å². The molecular weight excluding hydrogens is 294 g/mol. The maximum atomic E-state index is 12.2. The Bertz CT molecular complexity index is 418. The lowest BCUT2D eigenvalue weighted by molar-refractivity contribution is -0.123. The van der Waals surface area contributed by atoms with Gasteiger partial charge in [0.2, 0.25) is 0 Å². The van der Waals surface area contributed by atoms with Gasteiger partial charge in [-0.25, -0.2) is 0 Å². The summed E-state index contributed by atoms with van der Waals surface area (Å²) in [6.45, 7) is 4.45. The van der Waals surface area contributed by atoms with Crippen LogP contribution in [-0.4, -0.2) is 19.4 Å². The molecule has 0 spiro atoms. The van der Waals surface area contributed by atoms with Gasteiger partial charge >= 0.3 is 0 Å². The van der Waals surface area contributed by atoms with Crippen LogP contribution in [0.3, 0.4) is 0 Å². The van der Waals surface area contributed by atoms with Crippen molar-refractivity contribution in [2.24, 2.45) is 17.6 Å². The first kappa shape index (κ1) is 15.2. The van der Waals surface area contributed by atoms with Gasteiger partial charge < -0.3 is 10.5 Å². The number of hydrogen-bond acceptors (Lipinski definition) is 3. The Morgan fingerprint density at radius 2 is 2.11 bits per heavy atom. The van der Waals surface area contributed by atoms with Crippen molar-refractivity contribution in [3.63, 3.8) is 0 Å². The number of nitrogens with two attached hydrogens (primary N) is 1. The molecule has 0 aliphatic rings. The number of hydrogen-bond donors (Lipinski definition) is 1. The second kappa shape index (κ2) is 6.90. The van der Waals surface area contributed by atoms with Crippen molar-refractivity contribution in [1.29, 1.82) is 0 Å². The zero-order valence-corrected chi connectivity index (χ0v) is 12.7. The van der Waals surface area contributed by atoms with Gasteiger partial charge in [-0.15, -0.1) is 0 Å². The highest BCUT2D eigenvalue weighted by Gasteiger charge is 2.21. The molecule has 1 atom stereocenters. The summed E-state index contributed by atoms with van der Waals surface area (Å²) >= 11 is 3.46. The lowest BCUT2D eigenvalue weighted by Crippen LogP contribution is -2.29. The van der Waals surface area contributed by atoms with Crippen molar-refractivity contribution in [3.05, 3.63) is 28.2 Å². The lowest BCUT2D eigenvalue weighted by atomic mass is 9.88. The van der Waals surface area contributed by atoms with E-state index in [0.717, 1.165) is 15.8 Å². The molecule has 0 aromatic heterocycles. The molecule has 0 fully saturated rings. The van der Waals surface area contributed by atoms with Gasteiger partial charge in [0.15, 0.2) is 0 Å². The van der Waals surface area contributed by atoms with Crippen LogP contribution < -0.4 is 10.5 Å². The van der Waals surface area contributed by atoms with Crippen molar-refractivity contribution in [1.82, 2.24) is 0 Å². The summed E-state index contributed by atoms with van der Waals surface area (Å²) in [5.41, 5.74) is 6.61. The van der Waals surface area contributed by atoms with E-state index in [1.807, 2.05) is 32.0 Å². The molecule has 1 aromatic carbocycles. The fourth-order valence-electron chi connectivity index (χ4n) is 1.91. The van der Waals surface area contributed by atoms with Crippen LogP contribution in [0.5, 0.6) is 5.75 Å². The number of carbonyl (C=O) groups excluding carboxylic acids is 1. The van der Waals surface area contributed by atoms with Crippen molar-refractivity contribution in [2.45, 2.75) is 20.3 Å². The molecular formula is C14H20BrNO2. The molecule has 100 valence electrons. The van der Waals surface area contributed by atoms with Crippen molar-refractivity contribution >= 4 is 21.7 Å². The minimum atomic E-state index is -0.0805. The fraction of sp³-hybridized carbons (Fsp3) is 0.500. The predicted octanol–water partition coefficient (Wildman–Crippen LogP) is 2.80. The lowest BCUT2D eigenvalue weighted by Gasteiger charge is -2.18. The van der Waals surface area contributed by atoms with Gasteiger partial charge in [0.1, 0.15) is 11.5 Å². The van der Waals surface area contributed by atoms with Gasteiger partial charge in [0.25, 0.3) is 0 Å². The van der Waals surface area contributed by atoms with Crippen LogP contribution in [0.1, 0.15) is 19.4 Å². The van der Waals surface area contributed by atoms with E-state index in [-0.39, 0.29) is 17.6 Å². The van der Waals surface area contributed by atoms with Crippen LogP contribution in [0.15, 0.2) is 22.7 Å². The van der Waals surface area contributed by atoms with Gasteiger partial charge in [-0.2, -0.15) is 0 Å². The number of ketones is 1. The molecule has 1 aromatic rings. The predicted molar refractivity (Wildman–Crippen MR) is 76.8 cm³/mol. The average Bonchev–Trinajstić information content (AvgIpc) is 2.32. The van der Waals surface area contributed by atoms with Crippen LogP contribution in [0.4, 0.5) is 0 Å². The molecule has 2 N–H and O–H groups in total. The molecule has 0 bridgehead atoms. The number of rotatable bonds is 6. The molecule has 1 rings (SSSR count). The Hall–Kier alpha value is -0.870. The Balaban J connectivity index is 2.86. The highest BCUT2D eigenvalue weighted by Crippen LogP contribution is 2.24. The highest BCUT2D eigenvalue weighted by atomic mass is 79.9. The number of benzene rings is 1. The highest BCUT2D eigenvalue weighted by molar-refractivity contribution is 9.10. The third-order valence-electron chi connectivity index (χ3n) is 3.09. The standard InChI is InChI=1S/C14H20BrNO2/c1-9(2)12(8-16)14(17)7-10-6-11(18-3)4-5-13(10)15/h4-6,9,12H,7-8,16H2,1-3H3. The van der Waals surface area contributed by atoms with Gasteiger partial charge in [-0.1, -0.05) is 29.8 Å². The molecule has 0 aliphatic heterocycles. The minimum absolute atomic E-state index is 0.0805. The number of carbonyl (C=O) groups is 1. The third kappa shape index (κ3) is 3.82. The van der Waals surface area contributed by atoms with Crippen molar-refractivity contribution < 1.29 is 9.53 Å². The molecule has 1 unspecified atom stereocenters. The molecule has 0 aliphatic carbocycles. The Morgan fingerprint density at radius 3 is 2.61 bits per heavy atom. The smallest absolute Gasteiger partial charge is 0.141 e. The van der Waals surface area contributed by atoms with Crippen LogP contribution >= 0.6 is 15.9 Å². The summed E-state index contributed by atoms with van der Waals surface area (Å²) in [4.78, 5) is 12.2. The molecule has 0 saturated heterocycles. The Kier molecular flexibility index (Phi) is 5.82. The first-order valence-corrected chi connectivity index (χ1v) is 6.84. The summed E-state index contributed by atoms with van der Waals surface area (Å²) in [7, 11) is 1.62. The summed E-state index contributed by atoms with van der Waals surface area (Å²) < 4.78 is 6.10. The average molecular weight is 314 g/mol. The number of methoxy groups -OCH3 is 1. The summed E-state index contributed by atoms with van der Waals surface area (Å²) in [6.07, 6.45) is 0.387. The largest absolute Gasteiger partial charge is 0.497 e. The number of halogens is 1. The Morgan fingerprint density at radius 1 is 1.44 bits per heavy atom. The summed E-state index contributed by atoms with van der Waals surface area (Å²) in [6, 6.07) is 5.64. The summed E-state index contributed by atoms with van der Waals surface area (Å²) in [5.74, 6) is 1.13. The zero-order valence-electron chi connectivity index (χ0n) is 11.1. The maximum Gasteiger partial charge on any atom is 0.141 e. The SMILES string of the molecule is COc1ccc(Br)c(CC(=O)C(CN)C(C)C)c1. The number of ether oxygens (including phenoxy) is 1. The molecule has 0 saturated carbocycles. The molecule has 4 heteroatoms. The van der Waals surface area contributed by atoms with Crippen molar-refractivity contribution in [3.8, 4) is 5.75 Å². The second-order valence-corrected chi connectivity index (χ2v) is 5.54. The fourth-order valence-corrected chi connectivity index (χ4v) is 2.29. The normalized spacial score (nSPS) is 12.6. The van der Waals surface area contributed by atoms with E-state index in [2.05, 4.69) is 15.9 Å². The van der Waals surface area contributed by atoms with E-state index in [1.165, 1.54) is 0 Å². The molecule has 0 radical (unpaired) electrons. The quantitative estimate of drug-likeness (QED) is 0.878. The zero-order chi connectivity index (χ0) is 13.7. The Labute approximate surface area is 117 Å². The van der Waals surface area contributed by atoms with Crippen LogP contribution in [-0.2, 0) is 11.2 Å². The first-order valence-electron chi connectivity index (χ1n) is 6.04. The van der Waals surface area contributed by atoms with E-state index in [4.69, 9.17) is 10.5 Å². The monoisotopic (exact) mass is 313 g/mol. The van der Waals surface area contributed by atoms with Gasteiger partial charge in [-0.3, -0.25) is 4.79 Å². The van der Waals surface area contributed by atoms with E-state index >= 15 is 0 Å². The topological polar surface area (TPSA) is 52.3 Å². The van der Waals surface area contributed by atoms with E-state index in [1.54, 1.807) is 7.11 Å². The van der Waals surface area contributed by atoms with E-state index in [9.17, 15) is 4.79 Å². The minimum Gasteiger partial charge on any atom is -0.497 e. The molecule has 0 amide bonds. The second-order valence-electron chi connectivity index (χ2n) is 4.69. The maximum absolute atomic E-state index is 12.2. The third-order valence-corrected chi connectivity index (χ3v) is 3.86. The molecule has 3 nitrogen and oxygen atoms in total. The van der Waals surface area contributed by atoms with Gasteiger partial charge in [0, 0.05) is 23.4 Å². The summed E-state index contributed by atoms with van der Waals surface area (Å²) in [5, 5.41) is 0.